The molecule has 0 atom stereocenters. The Kier molecular flexibility index (Phi) is 3.49. The van der Waals surface area contributed by atoms with Crippen molar-refractivity contribution in [3.05, 3.63) is 38.3 Å². The number of H-pyrrole nitrogens is 1. The van der Waals surface area contributed by atoms with Crippen LogP contribution in [-0.4, -0.2) is 40.5 Å². The summed E-state index contributed by atoms with van der Waals surface area (Å²) in [5.74, 6) is 0.627. The van der Waals surface area contributed by atoms with Crippen LogP contribution in [0.5, 0.6) is 0 Å². The van der Waals surface area contributed by atoms with Crippen molar-refractivity contribution in [2.45, 2.75) is 26.1 Å². The molecule has 3 aromatic rings. The van der Waals surface area contributed by atoms with Gasteiger partial charge in [0.2, 0.25) is 5.95 Å². The van der Waals surface area contributed by atoms with E-state index in [2.05, 4.69) is 20.0 Å². The van der Waals surface area contributed by atoms with E-state index in [-0.39, 0.29) is 6.61 Å². The Morgan fingerprint density at radius 1 is 1.24 bits per heavy atom. The molecular weight excluding hydrogens is 326 g/mol. The van der Waals surface area contributed by atoms with E-state index in [4.69, 9.17) is 0 Å². The molecule has 0 unspecified atom stereocenters. The minimum atomic E-state index is -0.483. The van der Waals surface area contributed by atoms with Crippen LogP contribution in [0.25, 0.3) is 11.2 Å². The van der Waals surface area contributed by atoms with Crippen LogP contribution >= 0.6 is 0 Å². The molecule has 0 saturated carbocycles. The van der Waals surface area contributed by atoms with Gasteiger partial charge in [-0.25, -0.2) is 4.79 Å². The molecule has 0 aromatic carbocycles. The number of aromatic nitrogens is 6. The number of aryl methyl sites for hydroxylation is 3. The van der Waals surface area contributed by atoms with E-state index in [1.807, 2.05) is 10.7 Å². The predicted molar refractivity (Wildman–Crippen MR) is 90.4 cm³/mol. The normalized spacial score (nSPS) is 14.8. The van der Waals surface area contributed by atoms with Gasteiger partial charge < -0.3 is 14.6 Å². The van der Waals surface area contributed by atoms with Crippen molar-refractivity contribution < 1.29 is 5.11 Å². The summed E-state index contributed by atoms with van der Waals surface area (Å²) in [6, 6.07) is 1.88. The minimum absolute atomic E-state index is 0.0935. The lowest BCUT2D eigenvalue weighted by molar-refractivity contribution is 0.275. The predicted octanol–water partition coefficient (Wildman–Crippen LogP) is -0.941. The molecule has 132 valence electrons. The van der Waals surface area contributed by atoms with Crippen LogP contribution in [0, 0.1) is 0 Å². The molecule has 4 rings (SSSR count). The van der Waals surface area contributed by atoms with Crippen molar-refractivity contribution in [2.24, 2.45) is 14.1 Å². The van der Waals surface area contributed by atoms with Gasteiger partial charge in [0.05, 0.1) is 24.5 Å². The number of nitrogens with zero attached hydrogens (tertiary/aromatic N) is 6. The molecule has 10 heteroatoms. The van der Waals surface area contributed by atoms with Crippen molar-refractivity contribution in [3.63, 3.8) is 0 Å². The van der Waals surface area contributed by atoms with Gasteiger partial charge in [-0.05, 0) is 12.5 Å². The lowest BCUT2D eigenvalue weighted by Crippen LogP contribution is -2.29. The second-order valence-corrected chi connectivity index (χ2v) is 6.24. The minimum Gasteiger partial charge on any atom is -0.390 e. The molecule has 4 heterocycles. The molecule has 1 aliphatic rings. The molecule has 0 amide bonds. The lowest BCUT2D eigenvalue weighted by atomic mass is 10.3. The Bertz CT molecular complexity index is 1070. The van der Waals surface area contributed by atoms with Gasteiger partial charge in [0.15, 0.2) is 11.2 Å². The third-order valence-electron chi connectivity index (χ3n) is 4.62. The maximum absolute atomic E-state index is 12.2. The van der Waals surface area contributed by atoms with E-state index in [1.165, 1.54) is 4.57 Å². The Morgan fingerprint density at radius 3 is 2.80 bits per heavy atom. The third kappa shape index (κ3) is 2.37. The first-order chi connectivity index (χ1) is 12.0. The van der Waals surface area contributed by atoms with Crippen LogP contribution in [0.15, 0.2) is 15.7 Å². The van der Waals surface area contributed by atoms with Crippen LogP contribution in [-0.2, 0) is 33.8 Å². The number of nitrogens with one attached hydrogen (secondary N) is 1. The van der Waals surface area contributed by atoms with Crippen LogP contribution in [0.4, 0.5) is 5.95 Å². The number of aliphatic hydroxyl groups is 1. The molecule has 0 bridgehead atoms. The summed E-state index contributed by atoms with van der Waals surface area (Å²) in [4.78, 5) is 32.9. The molecular formula is C15H19N7O3. The number of hydrogen-bond acceptors (Lipinski definition) is 6. The van der Waals surface area contributed by atoms with E-state index in [9.17, 15) is 14.7 Å². The topological polar surface area (TPSA) is 114 Å². The molecule has 3 aromatic heterocycles. The van der Waals surface area contributed by atoms with E-state index in [0.717, 1.165) is 25.2 Å². The number of anilines is 1. The SMILES string of the molecule is Cn1c(N2CCCn3nc(CO)cc3C2)nc2c1c(=O)[nH]c(=O)n2C. The van der Waals surface area contributed by atoms with Gasteiger partial charge in [-0.2, -0.15) is 10.1 Å². The number of fused-ring (bicyclic) bond motifs is 2. The fraction of sp³-hybridized carbons (Fsp3) is 0.467. The average molecular weight is 345 g/mol. The number of imidazole rings is 1. The van der Waals surface area contributed by atoms with Crippen LogP contribution in [0.3, 0.4) is 0 Å². The highest BCUT2D eigenvalue weighted by atomic mass is 16.3. The highest BCUT2D eigenvalue weighted by Crippen LogP contribution is 2.22. The quantitative estimate of drug-likeness (QED) is 0.620. The number of hydrogen-bond donors (Lipinski definition) is 2. The fourth-order valence-electron chi connectivity index (χ4n) is 3.35. The smallest absolute Gasteiger partial charge is 0.329 e. The van der Waals surface area contributed by atoms with Gasteiger partial charge in [0.25, 0.3) is 5.56 Å². The third-order valence-corrected chi connectivity index (χ3v) is 4.62. The molecule has 0 spiro atoms. The number of aliphatic hydroxyl groups excluding tert-OH is 1. The average Bonchev–Trinajstić information content (AvgIpc) is 3.07. The second-order valence-electron chi connectivity index (χ2n) is 6.24. The van der Waals surface area contributed by atoms with E-state index >= 15 is 0 Å². The van der Waals surface area contributed by atoms with Gasteiger partial charge in [-0.1, -0.05) is 0 Å². The standard InChI is InChI=1S/C15H19N7O3/c1-19-11-12(20(2)15(25)17-13(11)24)16-14(19)21-4-3-5-22-10(7-21)6-9(8-23)18-22/h6,23H,3-5,7-8H2,1-2H3,(H,17,24,25). The van der Waals surface area contributed by atoms with Gasteiger partial charge >= 0.3 is 5.69 Å². The van der Waals surface area contributed by atoms with E-state index in [1.54, 1.807) is 18.7 Å². The van der Waals surface area contributed by atoms with Gasteiger partial charge in [0, 0.05) is 27.2 Å². The summed E-state index contributed by atoms with van der Waals surface area (Å²) in [6.45, 7) is 1.98. The summed E-state index contributed by atoms with van der Waals surface area (Å²) >= 11 is 0. The van der Waals surface area contributed by atoms with Gasteiger partial charge in [0.1, 0.15) is 0 Å². The highest BCUT2D eigenvalue weighted by molar-refractivity contribution is 5.74. The zero-order valence-corrected chi connectivity index (χ0v) is 14.1. The van der Waals surface area contributed by atoms with Crippen molar-refractivity contribution in [1.82, 2.24) is 28.9 Å². The fourth-order valence-corrected chi connectivity index (χ4v) is 3.35. The monoisotopic (exact) mass is 345 g/mol. The van der Waals surface area contributed by atoms with E-state index < -0.39 is 11.2 Å². The Morgan fingerprint density at radius 2 is 2.04 bits per heavy atom. The number of aromatic amines is 1. The summed E-state index contributed by atoms with van der Waals surface area (Å²) < 4.78 is 4.95. The van der Waals surface area contributed by atoms with Crippen molar-refractivity contribution in [2.75, 3.05) is 11.4 Å². The molecule has 2 N–H and O–H groups in total. The molecule has 0 fully saturated rings. The Labute approximate surface area is 141 Å². The largest absolute Gasteiger partial charge is 0.390 e. The summed E-state index contributed by atoms with van der Waals surface area (Å²) in [6.07, 6.45) is 0.859. The first-order valence-electron chi connectivity index (χ1n) is 8.06. The zero-order valence-electron chi connectivity index (χ0n) is 14.1. The summed E-state index contributed by atoms with van der Waals surface area (Å²) in [5.41, 5.74) is 1.42. The molecule has 25 heavy (non-hydrogen) atoms. The number of rotatable bonds is 2. The highest BCUT2D eigenvalue weighted by Gasteiger charge is 2.23. The van der Waals surface area contributed by atoms with Gasteiger partial charge in [-0.3, -0.25) is 19.0 Å². The maximum atomic E-state index is 12.2. The van der Waals surface area contributed by atoms with E-state index in [0.29, 0.717) is 29.4 Å². The molecule has 0 radical (unpaired) electrons. The summed E-state index contributed by atoms with van der Waals surface area (Å²) in [7, 11) is 3.36. The lowest BCUT2D eigenvalue weighted by Gasteiger charge is -2.20. The Hall–Kier alpha value is -2.88. The van der Waals surface area contributed by atoms with Gasteiger partial charge in [-0.15, -0.1) is 0 Å². The first-order valence-corrected chi connectivity index (χ1v) is 8.06. The van der Waals surface area contributed by atoms with Crippen LogP contribution in [0.2, 0.25) is 0 Å². The molecule has 0 aliphatic carbocycles. The molecule has 10 nitrogen and oxygen atoms in total. The van der Waals surface area contributed by atoms with Crippen molar-refractivity contribution >= 4 is 17.1 Å². The summed E-state index contributed by atoms with van der Waals surface area (Å²) in [5, 5.41) is 13.7. The molecule has 1 aliphatic heterocycles. The van der Waals surface area contributed by atoms with Crippen molar-refractivity contribution in [1.29, 1.82) is 0 Å². The molecule has 0 saturated heterocycles. The van der Waals surface area contributed by atoms with Crippen LogP contribution in [0.1, 0.15) is 17.8 Å². The van der Waals surface area contributed by atoms with Crippen molar-refractivity contribution in [3.8, 4) is 0 Å². The Balaban J connectivity index is 1.83. The second kappa shape index (κ2) is 5.59. The maximum Gasteiger partial charge on any atom is 0.329 e. The zero-order chi connectivity index (χ0) is 17.7. The first kappa shape index (κ1) is 15.6. The van der Waals surface area contributed by atoms with Crippen LogP contribution < -0.4 is 16.1 Å².